The summed E-state index contributed by atoms with van der Waals surface area (Å²) in [4.78, 5) is 2.31. The van der Waals surface area contributed by atoms with Crippen molar-refractivity contribution in [3.63, 3.8) is 0 Å². The fourth-order valence-electron chi connectivity index (χ4n) is 8.83. The van der Waals surface area contributed by atoms with E-state index in [1.54, 1.807) is 6.08 Å². The van der Waals surface area contributed by atoms with Crippen LogP contribution >= 0.6 is 0 Å². The molecular formula is C50H44N2. The fourth-order valence-corrected chi connectivity index (χ4v) is 8.83. The van der Waals surface area contributed by atoms with Crippen molar-refractivity contribution in [2.24, 2.45) is 0 Å². The third-order valence-corrected chi connectivity index (χ3v) is 10.8. The van der Waals surface area contributed by atoms with Crippen LogP contribution in [0.15, 0.2) is 164 Å². The molecule has 4 aromatic rings. The highest BCUT2D eigenvalue weighted by Crippen LogP contribution is 2.65. The van der Waals surface area contributed by atoms with E-state index < -0.39 is 5.41 Å². The van der Waals surface area contributed by atoms with E-state index in [0.717, 1.165) is 33.5 Å². The molecule has 0 saturated carbocycles. The SMILES string of the molecule is C=C/C=C1/C=CC(c2cccc(C3c4ccc5c(c4/C(=C/C)C(=C)N3C)C(=C/C=C)/C(=C\C)C53c4c#cccc4-c4ccccc43)c2)=CC1=N.CC. The van der Waals surface area contributed by atoms with Crippen LogP contribution in [0.5, 0.6) is 0 Å². The summed E-state index contributed by atoms with van der Waals surface area (Å²) in [6.45, 7) is 21.0. The van der Waals surface area contributed by atoms with Gasteiger partial charge in [0.2, 0.25) is 0 Å². The molecule has 254 valence electrons. The van der Waals surface area contributed by atoms with Crippen LogP contribution in [-0.2, 0) is 5.41 Å². The lowest BCUT2D eigenvalue weighted by Crippen LogP contribution is -2.31. The second kappa shape index (κ2) is 13.5. The molecule has 0 bridgehead atoms. The Balaban J connectivity index is 0.00000207. The molecule has 2 heteroatoms. The van der Waals surface area contributed by atoms with Crippen LogP contribution in [-0.4, -0.2) is 17.7 Å². The van der Waals surface area contributed by atoms with E-state index in [0.29, 0.717) is 5.71 Å². The van der Waals surface area contributed by atoms with Crippen molar-refractivity contribution in [2.45, 2.75) is 39.2 Å². The maximum atomic E-state index is 8.60. The van der Waals surface area contributed by atoms with Crippen molar-refractivity contribution < 1.29 is 0 Å². The van der Waals surface area contributed by atoms with Gasteiger partial charge in [0.15, 0.2) is 0 Å². The zero-order chi connectivity index (χ0) is 36.7. The smallest absolute Gasteiger partial charge is 0.0801 e. The lowest BCUT2D eigenvalue weighted by atomic mass is 9.70. The van der Waals surface area contributed by atoms with Gasteiger partial charge in [0.1, 0.15) is 0 Å². The highest BCUT2D eigenvalue weighted by molar-refractivity contribution is 6.15. The van der Waals surface area contributed by atoms with Crippen molar-refractivity contribution in [3.8, 4) is 11.1 Å². The lowest BCUT2D eigenvalue weighted by Gasteiger charge is -2.41. The molecule has 1 aliphatic heterocycles. The summed E-state index contributed by atoms with van der Waals surface area (Å²) in [6, 6.07) is 33.3. The third-order valence-electron chi connectivity index (χ3n) is 10.8. The van der Waals surface area contributed by atoms with Crippen molar-refractivity contribution in [2.75, 3.05) is 7.05 Å². The Bertz CT molecular complexity index is 2330. The van der Waals surface area contributed by atoms with Gasteiger partial charge in [0, 0.05) is 23.9 Å². The van der Waals surface area contributed by atoms with Crippen molar-refractivity contribution >= 4 is 22.4 Å². The van der Waals surface area contributed by atoms with Crippen molar-refractivity contribution in [1.29, 1.82) is 5.41 Å². The van der Waals surface area contributed by atoms with Crippen molar-refractivity contribution in [3.05, 3.63) is 221 Å². The maximum absolute atomic E-state index is 8.60. The molecule has 0 amide bonds. The Labute approximate surface area is 309 Å². The van der Waals surface area contributed by atoms with Crippen LogP contribution in [0.3, 0.4) is 0 Å². The number of nitrogens with one attached hydrogen (secondary N) is 1. The maximum Gasteiger partial charge on any atom is 0.0801 e. The minimum Gasteiger partial charge on any atom is -0.363 e. The molecule has 1 spiro atoms. The lowest BCUT2D eigenvalue weighted by molar-refractivity contribution is 0.358. The van der Waals surface area contributed by atoms with Gasteiger partial charge in [-0.15, -0.1) is 0 Å². The highest BCUT2D eigenvalue weighted by atomic mass is 15.2. The summed E-state index contributed by atoms with van der Waals surface area (Å²) in [5.41, 5.74) is 18.4. The molecule has 4 aromatic carbocycles. The van der Waals surface area contributed by atoms with Crippen LogP contribution < -0.4 is 0 Å². The molecule has 0 saturated heterocycles. The standard InChI is InChI=1S/C48H38N2.C2H6/c1-7-16-31-24-25-33(29-44(31)49)32-18-15-19-34(28-32)47-39-26-27-43-46(45(39)35(9-3)30(5)50(47)6)38(17-8-2)40(10-4)48(43)41-22-13-11-20-36(41)37-21-12-14-23-42(37)48;1-2/h7-13,15-22,24-29,47,49H,1-2,5H2,3-4,6H3;1-2H3/b31-16-,35-9+,38-17+,40-10+,49-44?;. The Morgan fingerprint density at radius 1 is 0.827 bits per heavy atom. The molecular weight excluding hydrogens is 629 g/mol. The quantitative estimate of drug-likeness (QED) is 0.229. The van der Waals surface area contributed by atoms with Gasteiger partial charge in [-0.3, -0.25) is 0 Å². The first-order valence-electron chi connectivity index (χ1n) is 18.1. The minimum atomic E-state index is -0.528. The Kier molecular flexibility index (Phi) is 8.91. The molecule has 8 rings (SSSR count). The molecule has 4 aliphatic rings. The van der Waals surface area contributed by atoms with E-state index in [1.165, 1.54) is 55.7 Å². The summed E-state index contributed by atoms with van der Waals surface area (Å²) < 4.78 is 0. The average Bonchev–Trinajstić information content (AvgIpc) is 3.63. The molecule has 52 heavy (non-hydrogen) atoms. The van der Waals surface area contributed by atoms with Crippen LogP contribution in [0.1, 0.15) is 78.2 Å². The van der Waals surface area contributed by atoms with Gasteiger partial charge in [-0.05, 0) is 110 Å². The average molecular weight is 673 g/mol. The van der Waals surface area contributed by atoms with Crippen molar-refractivity contribution in [1.82, 2.24) is 4.90 Å². The van der Waals surface area contributed by atoms with E-state index in [-0.39, 0.29) is 6.04 Å². The summed E-state index contributed by atoms with van der Waals surface area (Å²) in [6.07, 6.45) is 18.2. The first-order chi connectivity index (χ1) is 25.4. The van der Waals surface area contributed by atoms with Gasteiger partial charge < -0.3 is 10.3 Å². The second-order valence-electron chi connectivity index (χ2n) is 13.2. The molecule has 3 aliphatic carbocycles. The number of rotatable bonds is 4. The Morgan fingerprint density at radius 2 is 1.62 bits per heavy atom. The molecule has 2 nitrogen and oxygen atoms in total. The van der Waals surface area contributed by atoms with E-state index in [1.807, 2.05) is 44.2 Å². The number of hydrogen-bond acceptors (Lipinski definition) is 2. The first-order valence-corrected chi connectivity index (χ1v) is 18.1. The van der Waals surface area contributed by atoms with Crippen LogP contribution in [0.25, 0.3) is 27.8 Å². The predicted octanol–water partition coefficient (Wildman–Crippen LogP) is 12.2. The molecule has 0 radical (unpaired) electrons. The third kappa shape index (κ3) is 4.77. The van der Waals surface area contributed by atoms with Gasteiger partial charge >= 0.3 is 0 Å². The van der Waals surface area contributed by atoms with Gasteiger partial charge in [0.05, 0.1) is 17.2 Å². The fraction of sp³-hybridized carbons (Fsp3) is 0.140. The summed E-state index contributed by atoms with van der Waals surface area (Å²) in [7, 11) is 2.15. The van der Waals surface area contributed by atoms with E-state index in [4.69, 9.17) is 12.0 Å². The summed E-state index contributed by atoms with van der Waals surface area (Å²) in [5.74, 6) is 0. The number of allylic oxidation sites excluding steroid dienone is 14. The van der Waals surface area contributed by atoms with Gasteiger partial charge in [-0.2, -0.15) is 0 Å². The normalized spacial score (nSPS) is 20.6. The van der Waals surface area contributed by atoms with E-state index in [9.17, 15) is 0 Å². The summed E-state index contributed by atoms with van der Waals surface area (Å²) in [5, 5.41) is 8.60. The number of likely N-dealkylation sites (N-methyl/N-ethyl adjacent to an activating group) is 1. The topological polar surface area (TPSA) is 27.1 Å². The van der Waals surface area contributed by atoms with E-state index in [2.05, 4.69) is 142 Å². The van der Waals surface area contributed by atoms with Gasteiger partial charge in [-0.1, -0.05) is 149 Å². The zero-order valence-electron chi connectivity index (χ0n) is 30.8. The molecule has 2 unspecified atom stereocenters. The zero-order valence-corrected chi connectivity index (χ0v) is 30.8. The molecule has 1 heterocycles. The minimum absolute atomic E-state index is 0.0751. The number of benzene rings is 3. The highest BCUT2D eigenvalue weighted by Gasteiger charge is 2.55. The van der Waals surface area contributed by atoms with Gasteiger partial charge in [0.25, 0.3) is 0 Å². The van der Waals surface area contributed by atoms with Crippen LogP contribution in [0, 0.1) is 17.5 Å². The number of fused-ring (bicyclic) bond motifs is 9. The van der Waals surface area contributed by atoms with E-state index >= 15 is 0 Å². The van der Waals surface area contributed by atoms with Gasteiger partial charge in [-0.25, -0.2) is 0 Å². The molecule has 1 N–H and O–H groups in total. The Hall–Kier alpha value is -6.17. The van der Waals surface area contributed by atoms with Crippen LogP contribution in [0.4, 0.5) is 0 Å². The molecule has 0 aromatic heterocycles. The largest absolute Gasteiger partial charge is 0.363 e. The summed E-state index contributed by atoms with van der Waals surface area (Å²) >= 11 is 0. The first kappa shape index (κ1) is 34.3. The van der Waals surface area contributed by atoms with Crippen LogP contribution in [0.2, 0.25) is 0 Å². The predicted molar refractivity (Wildman–Crippen MR) is 221 cm³/mol. The Morgan fingerprint density at radius 3 is 2.35 bits per heavy atom. The second-order valence-corrected chi connectivity index (χ2v) is 13.2. The number of hydrogen-bond donors (Lipinski definition) is 1. The molecule has 2 atom stereocenters. The number of nitrogens with zero attached hydrogens (tertiary/aromatic N) is 1. The molecule has 0 fully saturated rings. The monoisotopic (exact) mass is 672 g/mol.